The summed E-state index contributed by atoms with van der Waals surface area (Å²) < 4.78 is 0. The lowest BCUT2D eigenvalue weighted by atomic mass is 9.68. The predicted octanol–water partition coefficient (Wildman–Crippen LogP) is 3.33. The molecule has 2 fully saturated rings. The standard InChI is InChI=1S/C14H28N2.C2H6/c1-11(2)13-6-7-16(10-14(13,3)4)12-8-15(5)9-12;1-2/h11-13H,6-10H2,1-5H3;1-2H3. The number of hydrogen-bond donors (Lipinski definition) is 0. The van der Waals surface area contributed by atoms with E-state index < -0.39 is 0 Å². The van der Waals surface area contributed by atoms with Crippen LogP contribution in [-0.2, 0) is 0 Å². The molecule has 2 rings (SSSR count). The Morgan fingerprint density at radius 1 is 1.11 bits per heavy atom. The van der Waals surface area contributed by atoms with Gasteiger partial charge in [-0.3, -0.25) is 4.90 Å². The zero-order valence-corrected chi connectivity index (χ0v) is 13.7. The van der Waals surface area contributed by atoms with Crippen LogP contribution in [-0.4, -0.2) is 49.1 Å². The normalized spacial score (nSPS) is 29.7. The highest BCUT2D eigenvalue weighted by molar-refractivity contribution is 4.94. The van der Waals surface area contributed by atoms with E-state index in [1.54, 1.807) is 0 Å². The van der Waals surface area contributed by atoms with Crippen LogP contribution in [0, 0.1) is 17.3 Å². The van der Waals surface area contributed by atoms with Crippen molar-refractivity contribution < 1.29 is 0 Å². The van der Waals surface area contributed by atoms with Crippen molar-refractivity contribution in [2.75, 3.05) is 33.2 Å². The van der Waals surface area contributed by atoms with Crippen LogP contribution in [0.5, 0.6) is 0 Å². The first-order chi connectivity index (χ1) is 8.40. The second kappa shape index (κ2) is 6.38. The molecule has 2 saturated heterocycles. The molecule has 2 aliphatic rings. The Hall–Kier alpha value is -0.0800. The second-order valence-corrected chi connectivity index (χ2v) is 6.97. The third kappa shape index (κ3) is 3.48. The number of hydrogen-bond acceptors (Lipinski definition) is 2. The zero-order chi connectivity index (χ0) is 13.9. The third-order valence-electron chi connectivity index (χ3n) is 4.71. The van der Waals surface area contributed by atoms with Crippen LogP contribution < -0.4 is 0 Å². The molecule has 0 aromatic heterocycles. The maximum atomic E-state index is 2.74. The van der Waals surface area contributed by atoms with E-state index in [0.29, 0.717) is 5.41 Å². The summed E-state index contributed by atoms with van der Waals surface area (Å²) in [6.07, 6.45) is 1.39. The van der Waals surface area contributed by atoms with E-state index in [4.69, 9.17) is 0 Å². The summed E-state index contributed by atoms with van der Waals surface area (Å²) in [4.78, 5) is 5.16. The molecule has 108 valence electrons. The molecule has 0 aromatic carbocycles. The van der Waals surface area contributed by atoms with Gasteiger partial charge >= 0.3 is 0 Å². The van der Waals surface area contributed by atoms with Crippen LogP contribution in [0.25, 0.3) is 0 Å². The molecule has 2 heteroatoms. The van der Waals surface area contributed by atoms with Gasteiger partial charge < -0.3 is 4.90 Å². The summed E-state index contributed by atoms with van der Waals surface area (Å²) >= 11 is 0. The Balaban J connectivity index is 0.000000771. The summed E-state index contributed by atoms with van der Waals surface area (Å²) in [6, 6.07) is 0.845. The van der Waals surface area contributed by atoms with Crippen LogP contribution in [0.2, 0.25) is 0 Å². The maximum absolute atomic E-state index is 2.74. The first kappa shape index (κ1) is 16.0. The molecule has 1 unspecified atom stereocenters. The average Bonchev–Trinajstić information content (AvgIpc) is 2.25. The monoisotopic (exact) mass is 254 g/mol. The second-order valence-electron chi connectivity index (χ2n) is 6.97. The summed E-state index contributed by atoms with van der Waals surface area (Å²) in [5, 5.41) is 0. The van der Waals surface area contributed by atoms with Crippen LogP contribution in [0.15, 0.2) is 0 Å². The fourth-order valence-corrected chi connectivity index (χ4v) is 3.86. The molecule has 0 spiro atoms. The van der Waals surface area contributed by atoms with Gasteiger partial charge in [0.15, 0.2) is 0 Å². The first-order valence-electron chi connectivity index (χ1n) is 7.83. The van der Waals surface area contributed by atoms with E-state index in [-0.39, 0.29) is 0 Å². The van der Waals surface area contributed by atoms with E-state index in [2.05, 4.69) is 44.5 Å². The molecule has 18 heavy (non-hydrogen) atoms. The lowest BCUT2D eigenvalue weighted by Gasteiger charge is -2.52. The fourth-order valence-electron chi connectivity index (χ4n) is 3.86. The molecule has 0 aliphatic carbocycles. The van der Waals surface area contributed by atoms with Gasteiger partial charge in [0.05, 0.1) is 0 Å². The van der Waals surface area contributed by atoms with Gasteiger partial charge in [0.1, 0.15) is 0 Å². The highest BCUT2D eigenvalue weighted by Crippen LogP contribution is 2.40. The van der Waals surface area contributed by atoms with Crippen LogP contribution >= 0.6 is 0 Å². The molecule has 0 aromatic rings. The molecule has 2 heterocycles. The summed E-state index contributed by atoms with van der Waals surface area (Å²) in [7, 11) is 2.22. The van der Waals surface area contributed by atoms with Crippen LogP contribution in [0.3, 0.4) is 0 Å². The van der Waals surface area contributed by atoms with Crippen LogP contribution in [0.1, 0.15) is 48.0 Å². The van der Waals surface area contributed by atoms with Gasteiger partial charge in [-0.25, -0.2) is 0 Å². The Kier molecular flexibility index (Phi) is 5.67. The van der Waals surface area contributed by atoms with Gasteiger partial charge in [-0.15, -0.1) is 0 Å². The predicted molar refractivity (Wildman–Crippen MR) is 80.9 cm³/mol. The lowest BCUT2D eigenvalue weighted by molar-refractivity contribution is -0.0339. The van der Waals surface area contributed by atoms with Gasteiger partial charge in [0.2, 0.25) is 0 Å². The topological polar surface area (TPSA) is 6.48 Å². The molecule has 0 bridgehead atoms. The van der Waals surface area contributed by atoms with Crippen molar-refractivity contribution in [3.63, 3.8) is 0 Å². The van der Waals surface area contributed by atoms with E-state index in [9.17, 15) is 0 Å². The first-order valence-corrected chi connectivity index (χ1v) is 7.83. The van der Waals surface area contributed by atoms with E-state index in [1.807, 2.05) is 13.8 Å². The van der Waals surface area contributed by atoms with Crippen molar-refractivity contribution >= 4 is 0 Å². The molecule has 2 nitrogen and oxygen atoms in total. The molecule has 0 amide bonds. The maximum Gasteiger partial charge on any atom is 0.0350 e. The zero-order valence-electron chi connectivity index (χ0n) is 13.7. The molecular formula is C16H34N2. The molecule has 1 atom stereocenters. The number of nitrogens with zero attached hydrogens (tertiary/aromatic N) is 2. The van der Waals surface area contributed by atoms with Gasteiger partial charge in [-0.1, -0.05) is 41.5 Å². The molecule has 0 N–H and O–H groups in total. The lowest BCUT2D eigenvalue weighted by Crippen LogP contribution is -2.62. The third-order valence-corrected chi connectivity index (χ3v) is 4.71. The van der Waals surface area contributed by atoms with Crippen molar-refractivity contribution in [3.05, 3.63) is 0 Å². The Bertz CT molecular complexity index is 241. The average molecular weight is 254 g/mol. The van der Waals surface area contributed by atoms with Crippen LogP contribution in [0.4, 0.5) is 0 Å². The van der Waals surface area contributed by atoms with Crippen molar-refractivity contribution in [2.24, 2.45) is 17.3 Å². The Morgan fingerprint density at radius 2 is 1.67 bits per heavy atom. The molecule has 0 radical (unpaired) electrons. The molecule has 0 saturated carbocycles. The van der Waals surface area contributed by atoms with Crippen molar-refractivity contribution in [3.8, 4) is 0 Å². The van der Waals surface area contributed by atoms with Crippen molar-refractivity contribution in [2.45, 2.75) is 54.0 Å². The fraction of sp³-hybridized carbons (Fsp3) is 1.00. The number of piperidine rings is 1. The van der Waals surface area contributed by atoms with E-state index >= 15 is 0 Å². The minimum Gasteiger partial charge on any atom is -0.303 e. The van der Waals surface area contributed by atoms with E-state index in [1.165, 1.54) is 32.6 Å². The van der Waals surface area contributed by atoms with Crippen molar-refractivity contribution in [1.82, 2.24) is 9.80 Å². The van der Waals surface area contributed by atoms with Gasteiger partial charge in [0.25, 0.3) is 0 Å². The van der Waals surface area contributed by atoms with Gasteiger partial charge in [-0.05, 0) is 37.3 Å². The minimum atomic E-state index is 0.501. The van der Waals surface area contributed by atoms with Gasteiger partial charge in [-0.2, -0.15) is 0 Å². The highest BCUT2D eigenvalue weighted by atomic mass is 15.3. The SMILES string of the molecule is CC.CC(C)C1CCN(C2CN(C)C2)CC1(C)C. The van der Waals surface area contributed by atoms with Crippen molar-refractivity contribution in [1.29, 1.82) is 0 Å². The quantitative estimate of drug-likeness (QED) is 0.746. The largest absolute Gasteiger partial charge is 0.303 e. The smallest absolute Gasteiger partial charge is 0.0350 e. The Labute approximate surface area is 115 Å². The van der Waals surface area contributed by atoms with Gasteiger partial charge in [0, 0.05) is 25.7 Å². The summed E-state index contributed by atoms with van der Waals surface area (Å²) in [5.74, 6) is 1.74. The van der Waals surface area contributed by atoms with E-state index in [0.717, 1.165) is 17.9 Å². The number of likely N-dealkylation sites (N-methyl/N-ethyl adjacent to an activating group) is 1. The molecular weight excluding hydrogens is 220 g/mol. The number of likely N-dealkylation sites (tertiary alicyclic amines) is 2. The highest BCUT2D eigenvalue weighted by Gasteiger charge is 2.41. The summed E-state index contributed by atoms with van der Waals surface area (Å²) in [5.41, 5.74) is 0.501. The minimum absolute atomic E-state index is 0.501. The number of rotatable bonds is 2. The summed E-state index contributed by atoms with van der Waals surface area (Å²) in [6.45, 7) is 18.9. The Morgan fingerprint density at radius 3 is 2.06 bits per heavy atom. The molecule has 2 aliphatic heterocycles.